The first-order valence-electron chi connectivity index (χ1n) is 7.05. The predicted octanol–water partition coefficient (Wildman–Crippen LogP) is 2.55. The number of hydrogen-bond acceptors (Lipinski definition) is 6. The van der Waals surface area contributed by atoms with Gasteiger partial charge in [-0.2, -0.15) is 0 Å². The highest BCUT2D eigenvalue weighted by molar-refractivity contribution is 5.71. The number of ether oxygens (including phenoxy) is 5. The first kappa shape index (κ1) is 15.0. The lowest BCUT2D eigenvalue weighted by Crippen LogP contribution is -2.14. The van der Waals surface area contributed by atoms with E-state index in [-0.39, 0.29) is 20.0 Å². The molecule has 0 aliphatic carbocycles. The quantitative estimate of drug-likeness (QED) is 0.763. The standard InChI is InChI=1S/C17H16O6/c1-19-13-3-5-14(6-4-13)20-10-17(18)21-9-12-2-7-15-16(8-12)23-11-22-15/h2-8H,9-11H2,1H3. The van der Waals surface area contributed by atoms with Crippen molar-refractivity contribution in [1.82, 2.24) is 0 Å². The zero-order chi connectivity index (χ0) is 16.1. The normalized spacial score (nSPS) is 11.9. The smallest absolute Gasteiger partial charge is 0.344 e. The largest absolute Gasteiger partial charge is 0.497 e. The number of hydrogen-bond donors (Lipinski definition) is 0. The van der Waals surface area contributed by atoms with Crippen molar-refractivity contribution in [3.63, 3.8) is 0 Å². The van der Waals surface area contributed by atoms with Gasteiger partial charge in [-0.05, 0) is 42.0 Å². The SMILES string of the molecule is COc1ccc(OCC(=O)OCc2ccc3c(c2)OCO3)cc1. The summed E-state index contributed by atoms with van der Waals surface area (Å²) in [5, 5.41) is 0. The maximum Gasteiger partial charge on any atom is 0.344 e. The molecule has 0 unspecified atom stereocenters. The summed E-state index contributed by atoms with van der Waals surface area (Å²) in [5.74, 6) is 2.21. The molecule has 3 rings (SSSR count). The number of benzene rings is 2. The summed E-state index contributed by atoms with van der Waals surface area (Å²) in [6.07, 6.45) is 0. The number of methoxy groups -OCH3 is 1. The van der Waals surface area contributed by atoms with Gasteiger partial charge in [-0.15, -0.1) is 0 Å². The van der Waals surface area contributed by atoms with Crippen molar-refractivity contribution in [2.75, 3.05) is 20.5 Å². The fourth-order valence-electron chi connectivity index (χ4n) is 2.05. The molecule has 0 radical (unpaired) electrons. The second kappa shape index (κ2) is 6.91. The number of rotatable bonds is 6. The third-order valence-corrected chi connectivity index (χ3v) is 3.25. The van der Waals surface area contributed by atoms with E-state index in [1.165, 1.54) is 0 Å². The van der Waals surface area contributed by atoms with Crippen LogP contribution in [0.3, 0.4) is 0 Å². The van der Waals surface area contributed by atoms with Crippen LogP contribution in [0.1, 0.15) is 5.56 Å². The Morgan fingerprint density at radius 3 is 2.57 bits per heavy atom. The van der Waals surface area contributed by atoms with Crippen molar-refractivity contribution >= 4 is 5.97 Å². The fraction of sp³-hybridized carbons (Fsp3) is 0.235. The minimum absolute atomic E-state index is 0.154. The Balaban J connectivity index is 1.45. The molecule has 1 aliphatic heterocycles. The van der Waals surface area contributed by atoms with Crippen molar-refractivity contribution in [1.29, 1.82) is 0 Å². The van der Waals surface area contributed by atoms with Crippen LogP contribution in [-0.4, -0.2) is 26.5 Å². The van der Waals surface area contributed by atoms with Crippen LogP contribution in [0.15, 0.2) is 42.5 Å². The second-order valence-corrected chi connectivity index (χ2v) is 4.81. The molecule has 23 heavy (non-hydrogen) atoms. The van der Waals surface area contributed by atoms with E-state index in [2.05, 4.69) is 0 Å². The summed E-state index contributed by atoms with van der Waals surface area (Å²) in [5.41, 5.74) is 0.826. The predicted molar refractivity (Wildman–Crippen MR) is 80.9 cm³/mol. The molecule has 0 atom stereocenters. The van der Waals surface area contributed by atoms with Gasteiger partial charge in [0.1, 0.15) is 18.1 Å². The average Bonchev–Trinajstić information content (AvgIpc) is 3.06. The van der Waals surface area contributed by atoms with Crippen LogP contribution >= 0.6 is 0 Å². The molecule has 6 heteroatoms. The molecule has 0 N–H and O–H groups in total. The summed E-state index contributed by atoms with van der Waals surface area (Å²) in [4.78, 5) is 11.7. The number of carbonyl (C=O) groups excluding carboxylic acids is 1. The molecule has 0 fully saturated rings. The van der Waals surface area contributed by atoms with E-state index in [9.17, 15) is 4.79 Å². The highest BCUT2D eigenvalue weighted by atomic mass is 16.7. The molecule has 6 nitrogen and oxygen atoms in total. The van der Waals surface area contributed by atoms with E-state index in [1.54, 1.807) is 43.5 Å². The van der Waals surface area contributed by atoms with E-state index in [1.807, 2.05) is 6.07 Å². The lowest BCUT2D eigenvalue weighted by molar-refractivity contribution is -0.147. The number of esters is 1. The van der Waals surface area contributed by atoms with Gasteiger partial charge >= 0.3 is 5.97 Å². The zero-order valence-corrected chi connectivity index (χ0v) is 12.6. The van der Waals surface area contributed by atoms with E-state index < -0.39 is 5.97 Å². The molecule has 2 aromatic carbocycles. The molecule has 1 aliphatic rings. The van der Waals surface area contributed by atoms with Crippen LogP contribution in [0.2, 0.25) is 0 Å². The van der Waals surface area contributed by atoms with Crippen LogP contribution in [0.4, 0.5) is 0 Å². The van der Waals surface area contributed by atoms with Gasteiger partial charge in [0.2, 0.25) is 6.79 Å². The molecule has 0 bridgehead atoms. The van der Waals surface area contributed by atoms with Crippen LogP contribution < -0.4 is 18.9 Å². The Hall–Kier alpha value is -2.89. The molecule has 1 heterocycles. The molecule has 120 valence electrons. The van der Waals surface area contributed by atoms with Gasteiger partial charge in [0, 0.05) is 0 Å². The summed E-state index contributed by atoms with van der Waals surface area (Å²) in [6.45, 7) is 0.215. The highest BCUT2D eigenvalue weighted by Crippen LogP contribution is 2.32. The zero-order valence-electron chi connectivity index (χ0n) is 12.6. The minimum atomic E-state index is -0.446. The van der Waals surface area contributed by atoms with Gasteiger partial charge in [0.05, 0.1) is 7.11 Å². The molecular formula is C17H16O6. The summed E-state index contributed by atoms with van der Waals surface area (Å²) < 4.78 is 26.1. The summed E-state index contributed by atoms with van der Waals surface area (Å²) in [7, 11) is 1.59. The van der Waals surface area contributed by atoms with E-state index >= 15 is 0 Å². The van der Waals surface area contributed by atoms with Crippen molar-refractivity contribution in [2.24, 2.45) is 0 Å². The first-order chi connectivity index (χ1) is 11.2. The number of fused-ring (bicyclic) bond motifs is 1. The Bertz CT molecular complexity index is 680. The monoisotopic (exact) mass is 316 g/mol. The second-order valence-electron chi connectivity index (χ2n) is 4.81. The van der Waals surface area contributed by atoms with Crippen LogP contribution in [0.25, 0.3) is 0 Å². The van der Waals surface area contributed by atoms with Crippen molar-refractivity contribution in [2.45, 2.75) is 6.61 Å². The molecule has 0 saturated carbocycles. The maximum atomic E-state index is 11.7. The Morgan fingerprint density at radius 2 is 1.78 bits per heavy atom. The van der Waals surface area contributed by atoms with Gasteiger partial charge in [-0.1, -0.05) is 6.07 Å². The lowest BCUT2D eigenvalue weighted by atomic mass is 10.2. The number of carbonyl (C=O) groups is 1. The summed E-state index contributed by atoms with van der Waals surface area (Å²) >= 11 is 0. The van der Waals surface area contributed by atoms with Gasteiger partial charge in [-0.25, -0.2) is 4.79 Å². The Labute approximate surface area is 133 Å². The third-order valence-electron chi connectivity index (χ3n) is 3.25. The van der Waals surface area contributed by atoms with Gasteiger partial charge in [-0.3, -0.25) is 0 Å². The Morgan fingerprint density at radius 1 is 1.04 bits per heavy atom. The van der Waals surface area contributed by atoms with Gasteiger partial charge in [0.25, 0.3) is 0 Å². The van der Waals surface area contributed by atoms with Gasteiger partial charge in [0.15, 0.2) is 18.1 Å². The lowest BCUT2D eigenvalue weighted by Gasteiger charge is -2.08. The van der Waals surface area contributed by atoms with E-state index in [0.717, 1.165) is 11.3 Å². The minimum Gasteiger partial charge on any atom is -0.497 e. The molecular weight excluding hydrogens is 300 g/mol. The molecule has 2 aromatic rings. The van der Waals surface area contributed by atoms with Crippen LogP contribution in [0, 0.1) is 0 Å². The third kappa shape index (κ3) is 3.85. The van der Waals surface area contributed by atoms with E-state index in [0.29, 0.717) is 17.2 Å². The average molecular weight is 316 g/mol. The fourth-order valence-corrected chi connectivity index (χ4v) is 2.05. The van der Waals surface area contributed by atoms with Crippen molar-refractivity contribution in [3.8, 4) is 23.0 Å². The topological polar surface area (TPSA) is 63.2 Å². The van der Waals surface area contributed by atoms with E-state index in [4.69, 9.17) is 23.7 Å². The molecule has 0 amide bonds. The molecule has 0 saturated heterocycles. The molecule has 0 spiro atoms. The maximum absolute atomic E-state index is 11.7. The highest BCUT2D eigenvalue weighted by Gasteiger charge is 2.14. The van der Waals surface area contributed by atoms with Gasteiger partial charge < -0.3 is 23.7 Å². The summed E-state index contributed by atoms with van der Waals surface area (Å²) in [6, 6.07) is 12.4. The Kier molecular flexibility index (Phi) is 4.52. The first-order valence-corrected chi connectivity index (χ1v) is 7.05. The van der Waals surface area contributed by atoms with Crippen LogP contribution in [0.5, 0.6) is 23.0 Å². The van der Waals surface area contributed by atoms with Crippen molar-refractivity contribution < 1.29 is 28.5 Å². The van der Waals surface area contributed by atoms with Crippen LogP contribution in [-0.2, 0) is 16.1 Å². The van der Waals surface area contributed by atoms with Crippen molar-refractivity contribution in [3.05, 3.63) is 48.0 Å². The molecule has 0 aromatic heterocycles.